The number of para-hydroxylation sites is 2. The number of carboxylic acid groups (broad SMARTS) is 1. The van der Waals surface area contributed by atoms with E-state index in [1.165, 1.54) is 12.1 Å². The summed E-state index contributed by atoms with van der Waals surface area (Å²) in [5, 5.41) is 9.34. The van der Waals surface area contributed by atoms with Crippen LogP contribution < -0.4 is 0 Å². The zero-order valence-corrected chi connectivity index (χ0v) is 12.0. The highest BCUT2D eigenvalue weighted by Crippen LogP contribution is 2.23. The van der Waals surface area contributed by atoms with Crippen LogP contribution in [0.1, 0.15) is 24.4 Å². The van der Waals surface area contributed by atoms with E-state index in [2.05, 4.69) is 4.98 Å². The van der Waals surface area contributed by atoms with Crippen LogP contribution in [0.2, 0.25) is 0 Å². The van der Waals surface area contributed by atoms with Crippen LogP contribution in [-0.2, 0) is 11.2 Å². The smallest absolute Gasteiger partial charge is 0.326 e. The average molecular weight is 298 g/mol. The fourth-order valence-electron chi connectivity index (χ4n) is 2.55. The topological polar surface area (TPSA) is 55.1 Å². The first kappa shape index (κ1) is 14.3. The number of aromatic nitrogens is 2. The molecule has 0 fully saturated rings. The van der Waals surface area contributed by atoms with Gasteiger partial charge >= 0.3 is 5.97 Å². The zero-order valence-electron chi connectivity index (χ0n) is 12.0. The van der Waals surface area contributed by atoms with E-state index < -0.39 is 12.0 Å². The molecule has 0 aliphatic carbocycles. The molecule has 0 bridgehead atoms. The summed E-state index contributed by atoms with van der Waals surface area (Å²) in [6, 6.07) is 12.9. The second-order valence-corrected chi connectivity index (χ2v) is 5.20. The number of carboxylic acids is 1. The zero-order chi connectivity index (χ0) is 15.7. The van der Waals surface area contributed by atoms with Crippen LogP contribution in [0.15, 0.2) is 48.5 Å². The summed E-state index contributed by atoms with van der Waals surface area (Å²) in [6.45, 7) is 1.63. The third kappa shape index (κ3) is 2.57. The predicted octanol–water partition coefficient (Wildman–Crippen LogP) is 3.41. The number of benzene rings is 2. The lowest BCUT2D eigenvalue weighted by molar-refractivity contribution is -0.140. The summed E-state index contributed by atoms with van der Waals surface area (Å²) in [5.74, 6) is -0.553. The summed E-state index contributed by atoms with van der Waals surface area (Å²) in [6.07, 6.45) is 0.451. The fourth-order valence-corrected chi connectivity index (χ4v) is 2.55. The molecule has 1 atom stereocenters. The van der Waals surface area contributed by atoms with Gasteiger partial charge in [-0.2, -0.15) is 0 Å². The minimum Gasteiger partial charge on any atom is -0.480 e. The van der Waals surface area contributed by atoms with Crippen molar-refractivity contribution in [3.05, 3.63) is 65.7 Å². The minimum atomic E-state index is -0.913. The van der Waals surface area contributed by atoms with Gasteiger partial charge in [0.25, 0.3) is 0 Å². The van der Waals surface area contributed by atoms with Crippen molar-refractivity contribution in [1.29, 1.82) is 0 Å². The van der Waals surface area contributed by atoms with E-state index in [0.717, 1.165) is 16.6 Å². The minimum absolute atomic E-state index is 0.295. The Morgan fingerprint density at radius 3 is 2.59 bits per heavy atom. The first-order valence-electron chi connectivity index (χ1n) is 6.99. The number of hydrogen-bond donors (Lipinski definition) is 1. The summed E-state index contributed by atoms with van der Waals surface area (Å²) in [4.78, 5) is 15.9. The largest absolute Gasteiger partial charge is 0.480 e. The van der Waals surface area contributed by atoms with Gasteiger partial charge in [-0.05, 0) is 36.8 Å². The lowest BCUT2D eigenvalue weighted by atomic mass is 10.1. The Balaban J connectivity index is 2.09. The van der Waals surface area contributed by atoms with Crippen molar-refractivity contribution in [2.75, 3.05) is 0 Å². The van der Waals surface area contributed by atoms with Gasteiger partial charge in [0.05, 0.1) is 11.0 Å². The fraction of sp³-hybridized carbons (Fsp3) is 0.176. The first-order chi connectivity index (χ1) is 10.6. The molecule has 0 saturated heterocycles. The van der Waals surface area contributed by atoms with Crippen molar-refractivity contribution in [2.24, 2.45) is 0 Å². The van der Waals surface area contributed by atoms with E-state index >= 15 is 0 Å². The van der Waals surface area contributed by atoms with Crippen LogP contribution in [0.25, 0.3) is 11.0 Å². The molecule has 3 rings (SSSR count). The van der Waals surface area contributed by atoms with Crippen LogP contribution in [0, 0.1) is 5.82 Å². The van der Waals surface area contributed by atoms with Gasteiger partial charge in [-0.15, -0.1) is 0 Å². The lowest BCUT2D eigenvalue weighted by Crippen LogP contribution is -2.18. The van der Waals surface area contributed by atoms with Crippen molar-refractivity contribution in [3.63, 3.8) is 0 Å². The van der Waals surface area contributed by atoms with Crippen molar-refractivity contribution in [2.45, 2.75) is 19.4 Å². The van der Waals surface area contributed by atoms with E-state index in [0.29, 0.717) is 12.2 Å². The van der Waals surface area contributed by atoms with E-state index in [1.54, 1.807) is 23.6 Å². The standard InChI is InChI=1S/C17H15FN2O2/c1-11(17(21)22)20-15-5-3-2-4-14(15)19-16(20)10-12-6-8-13(18)9-7-12/h2-9,11H,10H2,1H3,(H,21,22). The van der Waals surface area contributed by atoms with E-state index in [1.807, 2.05) is 24.3 Å². The Kier molecular flexibility index (Phi) is 3.63. The second kappa shape index (κ2) is 5.60. The highest BCUT2D eigenvalue weighted by molar-refractivity contribution is 5.80. The Bertz CT molecular complexity index is 824. The molecule has 0 aliphatic rings. The molecule has 1 aromatic heterocycles. The molecule has 0 radical (unpaired) electrons. The number of imidazole rings is 1. The molecule has 0 spiro atoms. The third-order valence-electron chi connectivity index (χ3n) is 3.69. The molecule has 112 valence electrons. The molecule has 2 aromatic carbocycles. The monoisotopic (exact) mass is 298 g/mol. The normalized spacial score (nSPS) is 12.5. The number of carbonyl (C=O) groups is 1. The molecular weight excluding hydrogens is 283 g/mol. The lowest BCUT2D eigenvalue weighted by Gasteiger charge is -2.13. The SMILES string of the molecule is CC(C(=O)O)n1c(Cc2ccc(F)cc2)nc2ccccc21. The van der Waals surface area contributed by atoms with Gasteiger partial charge < -0.3 is 9.67 Å². The summed E-state index contributed by atoms with van der Waals surface area (Å²) >= 11 is 0. The van der Waals surface area contributed by atoms with Gasteiger partial charge in [0.15, 0.2) is 0 Å². The molecule has 22 heavy (non-hydrogen) atoms. The Morgan fingerprint density at radius 2 is 1.91 bits per heavy atom. The summed E-state index contributed by atoms with van der Waals surface area (Å²) in [5.41, 5.74) is 2.43. The summed E-state index contributed by atoms with van der Waals surface area (Å²) < 4.78 is 14.7. The van der Waals surface area contributed by atoms with Crippen molar-refractivity contribution >= 4 is 17.0 Å². The van der Waals surface area contributed by atoms with Crippen LogP contribution in [0.4, 0.5) is 4.39 Å². The third-order valence-corrected chi connectivity index (χ3v) is 3.69. The maximum atomic E-state index is 13.0. The van der Waals surface area contributed by atoms with Crippen molar-refractivity contribution in [1.82, 2.24) is 9.55 Å². The molecule has 3 aromatic rings. The van der Waals surface area contributed by atoms with Crippen LogP contribution in [0.3, 0.4) is 0 Å². The Hall–Kier alpha value is -2.69. The van der Waals surface area contributed by atoms with Gasteiger partial charge in [-0.25, -0.2) is 14.2 Å². The van der Waals surface area contributed by atoms with Crippen LogP contribution in [0.5, 0.6) is 0 Å². The molecule has 4 nitrogen and oxygen atoms in total. The average Bonchev–Trinajstić information content (AvgIpc) is 2.86. The maximum absolute atomic E-state index is 13.0. The number of hydrogen-bond acceptors (Lipinski definition) is 2. The predicted molar refractivity (Wildman–Crippen MR) is 81.3 cm³/mol. The Morgan fingerprint density at radius 1 is 1.23 bits per heavy atom. The van der Waals surface area contributed by atoms with Gasteiger partial charge in [0.2, 0.25) is 0 Å². The molecule has 0 saturated carbocycles. The first-order valence-corrected chi connectivity index (χ1v) is 6.99. The number of fused-ring (bicyclic) bond motifs is 1. The van der Waals surface area contributed by atoms with Crippen molar-refractivity contribution in [3.8, 4) is 0 Å². The van der Waals surface area contributed by atoms with Crippen molar-refractivity contribution < 1.29 is 14.3 Å². The van der Waals surface area contributed by atoms with Crippen LogP contribution >= 0.6 is 0 Å². The number of rotatable bonds is 4. The molecule has 1 N–H and O–H groups in total. The number of aliphatic carboxylic acids is 1. The quantitative estimate of drug-likeness (QED) is 0.803. The molecule has 1 heterocycles. The van der Waals surface area contributed by atoms with Gasteiger partial charge in [0, 0.05) is 6.42 Å². The van der Waals surface area contributed by atoms with Gasteiger partial charge in [-0.1, -0.05) is 24.3 Å². The second-order valence-electron chi connectivity index (χ2n) is 5.20. The number of nitrogens with zero attached hydrogens (tertiary/aromatic N) is 2. The highest BCUT2D eigenvalue weighted by Gasteiger charge is 2.20. The van der Waals surface area contributed by atoms with Gasteiger partial charge in [-0.3, -0.25) is 0 Å². The molecule has 0 aliphatic heterocycles. The van der Waals surface area contributed by atoms with E-state index in [4.69, 9.17) is 0 Å². The Labute approximate surface area is 126 Å². The number of halogens is 1. The maximum Gasteiger partial charge on any atom is 0.326 e. The van der Waals surface area contributed by atoms with E-state index in [9.17, 15) is 14.3 Å². The molecule has 1 unspecified atom stereocenters. The molecule has 0 amide bonds. The molecule has 5 heteroatoms. The van der Waals surface area contributed by atoms with E-state index in [-0.39, 0.29) is 5.82 Å². The summed E-state index contributed by atoms with van der Waals surface area (Å²) in [7, 11) is 0. The van der Waals surface area contributed by atoms with Gasteiger partial charge in [0.1, 0.15) is 17.7 Å². The highest BCUT2D eigenvalue weighted by atomic mass is 19.1. The molecular formula is C17H15FN2O2. The van der Waals surface area contributed by atoms with Crippen LogP contribution in [-0.4, -0.2) is 20.6 Å².